The predicted molar refractivity (Wildman–Crippen MR) is 113 cm³/mol. The maximum atomic E-state index is 13.8. The largest absolute Gasteiger partial charge is 0.336 e. The topological polar surface area (TPSA) is 84.2 Å². The number of amides is 1. The fourth-order valence-electron chi connectivity index (χ4n) is 3.89. The summed E-state index contributed by atoms with van der Waals surface area (Å²) >= 11 is 0. The molecule has 1 saturated heterocycles. The van der Waals surface area contributed by atoms with E-state index < -0.39 is 0 Å². The van der Waals surface area contributed by atoms with Gasteiger partial charge in [0, 0.05) is 17.9 Å². The molecular weight excluding hydrogens is 390 g/mol. The average molecular weight is 416 g/mol. The number of carbonyl (C=O) groups is 1. The van der Waals surface area contributed by atoms with Gasteiger partial charge in [-0.2, -0.15) is 0 Å². The molecule has 7 nitrogen and oxygen atoms in total. The van der Waals surface area contributed by atoms with Gasteiger partial charge in [-0.05, 0) is 64.4 Å². The number of aryl methyl sites for hydroxylation is 2. The van der Waals surface area contributed by atoms with Gasteiger partial charge >= 0.3 is 0 Å². The quantitative estimate of drug-likeness (QED) is 0.702. The minimum atomic E-state index is -0.0145. The molecule has 0 saturated carbocycles. The molecule has 0 radical (unpaired) electrons. The normalized spacial score (nSPS) is 16.8. The summed E-state index contributed by atoms with van der Waals surface area (Å²) in [5, 5.41) is 8.15. The van der Waals surface area contributed by atoms with Crippen molar-refractivity contribution < 1.29 is 9.32 Å². The highest BCUT2D eigenvalue weighted by atomic mass is 35.5. The van der Waals surface area contributed by atoms with E-state index in [4.69, 9.17) is 4.52 Å². The molecule has 1 aliphatic heterocycles. The molecule has 0 aliphatic carbocycles. The number of pyridine rings is 2. The van der Waals surface area contributed by atoms with Crippen molar-refractivity contribution in [1.82, 2.24) is 25.3 Å². The van der Waals surface area contributed by atoms with E-state index in [-0.39, 0.29) is 24.4 Å². The van der Waals surface area contributed by atoms with Gasteiger partial charge < -0.3 is 14.7 Å². The monoisotopic (exact) mass is 415 g/mol. The Morgan fingerprint density at radius 3 is 2.93 bits per heavy atom. The Labute approximate surface area is 176 Å². The van der Waals surface area contributed by atoms with Gasteiger partial charge in [-0.1, -0.05) is 11.2 Å². The minimum Gasteiger partial charge on any atom is -0.336 e. The van der Waals surface area contributed by atoms with Crippen LogP contribution in [0.5, 0.6) is 0 Å². The Hall–Kier alpha value is -2.51. The molecule has 1 N–H and O–H groups in total. The standard InChI is InChI=1S/C21H25N5O2.ClH/c1-14-12-18(19-15(2)25-28-20(19)24-14)21(27)26(13-16-6-3-4-10-23-16)17-7-5-9-22-11-8-17;/h3-4,6,10,12,17,22H,5,7-9,11,13H2,1-2H3;1H. The average Bonchev–Trinajstić information content (AvgIpc) is 2.91. The molecule has 1 aliphatic rings. The SMILES string of the molecule is Cc1cc(C(=O)N(Cc2ccccn2)C2CCCNCC2)c2c(C)noc2n1.Cl. The number of nitrogens with one attached hydrogen (secondary N) is 1. The van der Waals surface area contributed by atoms with Crippen LogP contribution in [0, 0.1) is 13.8 Å². The maximum absolute atomic E-state index is 13.8. The van der Waals surface area contributed by atoms with Gasteiger partial charge in [0.05, 0.1) is 28.9 Å². The molecule has 8 heteroatoms. The first kappa shape index (κ1) is 21.2. The third-order valence-corrected chi connectivity index (χ3v) is 5.28. The summed E-state index contributed by atoms with van der Waals surface area (Å²) in [6, 6.07) is 7.82. The summed E-state index contributed by atoms with van der Waals surface area (Å²) in [5.41, 5.74) is 3.34. The van der Waals surface area contributed by atoms with Crippen molar-refractivity contribution in [2.24, 2.45) is 0 Å². The second-order valence-electron chi connectivity index (χ2n) is 7.35. The molecule has 4 rings (SSSR count). The lowest BCUT2D eigenvalue weighted by Gasteiger charge is -2.31. The number of fused-ring (bicyclic) bond motifs is 1. The van der Waals surface area contributed by atoms with Crippen LogP contribution in [0.1, 0.15) is 46.7 Å². The van der Waals surface area contributed by atoms with E-state index in [1.54, 1.807) is 6.20 Å². The molecule has 4 heterocycles. The van der Waals surface area contributed by atoms with Crippen molar-refractivity contribution in [3.05, 3.63) is 53.1 Å². The third kappa shape index (κ3) is 4.57. The number of hydrogen-bond donors (Lipinski definition) is 1. The van der Waals surface area contributed by atoms with Gasteiger partial charge in [0.1, 0.15) is 0 Å². The van der Waals surface area contributed by atoms with Gasteiger partial charge in [0.15, 0.2) is 0 Å². The molecule has 1 amide bonds. The highest BCUT2D eigenvalue weighted by Gasteiger charge is 2.29. The van der Waals surface area contributed by atoms with Crippen LogP contribution in [0.3, 0.4) is 0 Å². The Balaban J connectivity index is 0.00000240. The molecular formula is C21H26ClN5O2. The van der Waals surface area contributed by atoms with Crippen LogP contribution in [0.2, 0.25) is 0 Å². The molecule has 154 valence electrons. The molecule has 3 aromatic heterocycles. The lowest BCUT2D eigenvalue weighted by Crippen LogP contribution is -2.40. The number of aromatic nitrogens is 3. The van der Waals surface area contributed by atoms with Crippen LogP contribution in [0.4, 0.5) is 0 Å². The number of nitrogens with zero attached hydrogens (tertiary/aromatic N) is 4. The van der Waals surface area contributed by atoms with Crippen LogP contribution in [0.15, 0.2) is 35.0 Å². The van der Waals surface area contributed by atoms with E-state index >= 15 is 0 Å². The molecule has 0 bridgehead atoms. The molecule has 29 heavy (non-hydrogen) atoms. The lowest BCUT2D eigenvalue weighted by molar-refractivity contribution is 0.0644. The number of carbonyl (C=O) groups excluding carboxylic acids is 1. The maximum Gasteiger partial charge on any atom is 0.258 e. The molecule has 1 atom stereocenters. The highest BCUT2D eigenvalue weighted by Crippen LogP contribution is 2.26. The first-order chi connectivity index (χ1) is 13.6. The first-order valence-corrected chi connectivity index (χ1v) is 9.78. The van der Waals surface area contributed by atoms with Gasteiger partial charge in [-0.25, -0.2) is 4.98 Å². The van der Waals surface area contributed by atoms with Gasteiger partial charge in [-0.3, -0.25) is 9.78 Å². The Bertz CT molecular complexity index is 968. The van der Waals surface area contributed by atoms with Gasteiger partial charge in [0.25, 0.3) is 11.6 Å². The molecule has 1 fully saturated rings. The zero-order chi connectivity index (χ0) is 19.5. The zero-order valence-electron chi connectivity index (χ0n) is 16.7. The summed E-state index contributed by atoms with van der Waals surface area (Å²) in [7, 11) is 0. The van der Waals surface area contributed by atoms with Crippen molar-refractivity contribution in [1.29, 1.82) is 0 Å². The number of hydrogen-bond acceptors (Lipinski definition) is 6. The highest BCUT2D eigenvalue weighted by molar-refractivity contribution is 6.06. The molecule has 3 aromatic rings. The second kappa shape index (κ2) is 9.33. The van der Waals surface area contributed by atoms with E-state index in [0.29, 0.717) is 28.9 Å². The van der Waals surface area contributed by atoms with Crippen molar-refractivity contribution in [3.63, 3.8) is 0 Å². The summed E-state index contributed by atoms with van der Waals surface area (Å²) in [4.78, 5) is 24.6. The van der Waals surface area contributed by atoms with Crippen LogP contribution in [-0.2, 0) is 6.54 Å². The smallest absolute Gasteiger partial charge is 0.258 e. The second-order valence-corrected chi connectivity index (χ2v) is 7.35. The Kier molecular flexibility index (Phi) is 6.82. The molecule has 0 spiro atoms. The van der Waals surface area contributed by atoms with E-state index in [1.165, 1.54) is 0 Å². The van der Waals surface area contributed by atoms with Gasteiger partial charge in [0.2, 0.25) is 0 Å². The zero-order valence-corrected chi connectivity index (χ0v) is 17.5. The first-order valence-electron chi connectivity index (χ1n) is 9.78. The predicted octanol–water partition coefficient (Wildman–Crippen LogP) is 3.44. The fourth-order valence-corrected chi connectivity index (χ4v) is 3.89. The van der Waals surface area contributed by atoms with E-state index in [1.807, 2.05) is 43.0 Å². The molecule has 1 unspecified atom stereocenters. The fraction of sp³-hybridized carbons (Fsp3) is 0.429. The summed E-state index contributed by atoms with van der Waals surface area (Å²) in [5.74, 6) is -0.0145. The number of rotatable bonds is 4. The van der Waals surface area contributed by atoms with Crippen molar-refractivity contribution in [2.45, 2.75) is 45.7 Å². The van der Waals surface area contributed by atoms with Crippen molar-refractivity contribution >= 4 is 29.4 Å². The summed E-state index contributed by atoms with van der Waals surface area (Å²) in [6.07, 6.45) is 4.72. The third-order valence-electron chi connectivity index (χ3n) is 5.28. The Morgan fingerprint density at radius 1 is 1.28 bits per heavy atom. The lowest BCUT2D eigenvalue weighted by atomic mass is 10.0. The minimum absolute atomic E-state index is 0. The van der Waals surface area contributed by atoms with E-state index in [0.717, 1.165) is 43.7 Å². The van der Waals surface area contributed by atoms with Crippen LogP contribution >= 0.6 is 12.4 Å². The Morgan fingerprint density at radius 2 is 2.14 bits per heavy atom. The summed E-state index contributed by atoms with van der Waals surface area (Å²) in [6.45, 7) is 6.10. The van der Waals surface area contributed by atoms with Gasteiger partial charge in [-0.15, -0.1) is 12.4 Å². The number of halogens is 1. The van der Waals surface area contributed by atoms with E-state index in [9.17, 15) is 4.79 Å². The van der Waals surface area contributed by atoms with Crippen LogP contribution < -0.4 is 5.32 Å². The van der Waals surface area contributed by atoms with Crippen LogP contribution in [0.25, 0.3) is 11.1 Å². The van der Waals surface area contributed by atoms with Crippen LogP contribution in [-0.4, -0.2) is 45.1 Å². The van der Waals surface area contributed by atoms with Crippen molar-refractivity contribution in [2.75, 3.05) is 13.1 Å². The molecule has 0 aromatic carbocycles. The summed E-state index contributed by atoms with van der Waals surface area (Å²) < 4.78 is 5.33. The van der Waals surface area contributed by atoms with Crippen molar-refractivity contribution in [3.8, 4) is 0 Å². The van der Waals surface area contributed by atoms with E-state index in [2.05, 4.69) is 20.4 Å².